The molecule has 0 radical (unpaired) electrons. The Hall–Kier alpha value is -0.980. The smallest absolute Gasteiger partial charge is 0.240 e. The Balaban J connectivity index is 0.00000625. The predicted octanol–water partition coefficient (Wildman–Crippen LogP) is 0.912. The highest BCUT2D eigenvalue weighted by Crippen LogP contribution is 2.20. The normalized spacial score (nSPS) is 12.0. The SMILES string of the molecule is COCCNCCNS(=O)(=O)c1ccc(NS(=O)(=O)C(C)C)c(F)c1.Cl. The molecule has 0 aromatic heterocycles. The van der Waals surface area contributed by atoms with Crippen molar-refractivity contribution in [3.05, 3.63) is 24.0 Å². The number of nitrogens with one attached hydrogen (secondary N) is 3. The second-order valence-corrected chi connectivity index (χ2v) is 9.48. The molecule has 1 aromatic carbocycles. The summed E-state index contributed by atoms with van der Waals surface area (Å²) in [5.41, 5.74) is -0.297. The molecule has 0 unspecified atom stereocenters. The van der Waals surface area contributed by atoms with Gasteiger partial charge in [0.2, 0.25) is 20.0 Å². The van der Waals surface area contributed by atoms with Crippen molar-refractivity contribution in [2.24, 2.45) is 0 Å². The van der Waals surface area contributed by atoms with Crippen molar-refractivity contribution in [3.63, 3.8) is 0 Å². The van der Waals surface area contributed by atoms with Crippen molar-refractivity contribution in [2.75, 3.05) is 38.1 Å². The Morgan fingerprint density at radius 1 is 1.12 bits per heavy atom. The van der Waals surface area contributed by atoms with Gasteiger partial charge in [-0.1, -0.05) is 0 Å². The van der Waals surface area contributed by atoms with Gasteiger partial charge in [-0.25, -0.2) is 25.9 Å². The molecule has 0 amide bonds. The first-order valence-electron chi connectivity index (χ1n) is 7.60. The fourth-order valence-corrected chi connectivity index (χ4v) is 3.42. The number of ether oxygens (including phenoxy) is 1. The number of hydrogen-bond acceptors (Lipinski definition) is 6. The zero-order valence-electron chi connectivity index (χ0n) is 14.8. The molecule has 0 heterocycles. The van der Waals surface area contributed by atoms with Crippen LogP contribution in [0.5, 0.6) is 0 Å². The van der Waals surface area contributed by atoms with E-state index in [1.165, 1.54) is 13.8 Å². The Labute approximate surface area is 160 Å². The third kappa shape index (κ3) is 7.72. The second kappa shape index (κ2) is 11.0. The van der Waals surface area contributed by atoms with Gasteiger partial charge < -0.3 is 10.1 Å². The van der Waals surface area contributed by atoms with Crippen molar-refractivity contribution in [1.82, 2.24) is 10.0 Å². The van der Waals surface area contributed by atoms with Crippen molar-refractivity contribution < 1.29 is 26.0 Å². The Kier molecular flexibility index (Phi) is 10.6. The molecule has 0 bridgehead atoms. The topological polar surface area (TPSA) is 114 Å². The second-order valence-electron chi connectivity index (χ2n) is 5.48. The minimum atomic E-state index is -3.89. The Morgan fingerprint density at radius 3 is 2.31 bits per heavy atom. The van der Waals surface area contributed by atoms with Crippen LogP contribution in [0.1, 0.15) is 13.8 Å². The third-order valence-corrected chi connectivity index (χ3v) is 6.40. The Morgan fingerprint density at radius 2 is 1.77 bits per heavy atom. The summed E-state index contributed by atoms with van der Waals surface area (Å²) in [5, 5.41) is 2.22. The first kappa shape index (κ1) is 25.0. The van der Waals surface area contributed by atoms with Crippen LogP contribution in [-0.4, -0.2) is 55.4 Å². The van der Waals surface area contributed by atoms with Crippen molar-refractivity contribution in [2.45, 2.75) is 24.0 Å². The maximum atomic E-state index is 14.1. The molecule has 0 aliphatic rings. The lowest BCUT2D eigenvalue weighted by atomic mass is 10.3. The van der Waals surface area contributed by atoms with Crippen molar-refractivity contribution in [3.8, 4) is 0 Å². The van der Waals surface area contributed by atoms with Gasteiger partial charge in [-0.2, -0.15) is 0 Å². The minimum absolute atomic E-state index is 0. The van der Waals surface area contributed by atoms with E-state index in [0.29, 0.717) is 19.7 Å². The average Bonchev–Trinajstić information content (AvgIpc) is 2.52. The number of methoxy groups -OCH3 is 1. The summed E-state index contributed by atoms with van der Waals surface area (Å²) in [6.07, 6.45) is 0. The zero-order chi connectivity index (χ0) is 19.1. The van der Waals surface area contributed by atoms with E-state index in [4.69, 9.17) is 4.74 Å². The van der Waals surface area contributed by atoms with E-state index in [-0.39, 0.29) is 29.5 Å². The molecule has 12 heteroatoms. The van der Waals surface area contributed by atoms with Crippen molar-refractivity contribution in [1.29, 1.82) is 0 Å². The lowest BCUT2D eigenvalue weighted by Crippen LogP contribution is -2.33. The number of sulfonamides is 2. The summed E-state index contributed by atoms with van der Waals surface area (Å²) < 4.78 is 71.1. The molecule has 3 N–H and O–H groups in total. The van der Waals surface area contributed by atoms with Gasteiger partial charge in [0.1, 0.15) is 5.82 Å². The monoisotopic (exact) mass is 433 g/mol. The van der Waals surface area contributed by atoms with E-state index >= 15 is 0 Å². The van der Waals surface area contributed by atoms with Gasteiger partial charge in [0.15, 0.2) is 0 Å². The van der Waals surface area contributed by atoms with Gasteiger partial charge >= 0.3 is 0 Å². The van der Waals surface area contributed by atoms with Crippen LogP contribution in [0.3, 0.4) is 0 Å². The van der Waals surface area contributed by atoms with E-state index in [0.717, 1.165) is 18.2 Å². The predicted molar refractivity (Wildman–Crippen MR) is 101 cm³/mol. The highest BCUT2D eigenvalue weighted by Gasteiger charge is 2.20. The molecule has 1 aromatic rings. The number of hydrogen-bond donors (Lipinski definition) is 3. The van der Waals surface area contributed by atoms with Crippen molar-refractivity contribution >= 4 is 38.1 Å². The first-order chi connectivity index (χ1) is 11.6. The van der Waals surface area contributed by atoms with Gasteiger partial charge in [0.05, 0.1) is 22.4 Å². The number of halogens is 2. The van der Waals surface area contributed by atoms with Gasteiger partial charge in [0, 0.05) is 26.7 Å². The average molecular weight is 434 g/mol. The maximum absolute atomic E-state index is 14.1. The molecular weight excluding hydrogens is 409 g/mol. The lowest BCUT2D eigenvalue weighted by Gasteiger charge is -2.13. The molecule has 0 saturated carbocycles. The molecule has 0 spiro atoms. The summed E-state index contributed by atoms with van der Waals surface area (Å²) in [7, 11) is -6.05. The number of anilines is 1. The van der Waals surface area contributed by atoms with Crippen LogP contribution >= 0.6 is 12.4 Å². The van der Waals surface area contributed by atoms with Crippen LogP contribution in [0.2, 0.25) is 0 Å². The molecule has 152 valence electrons. The maximum Gasteiger partial charge on any atom is 0.240 e. The largest absolute Gasteiger partial charge is 0.383 e. The summed E-state index contributed by atoms with van der Waals surface area (Å²) in [5.74, 6) is -0.967. The van der Waals surface area contributed by atoms with Gasteiger partial charge in [-0.05, 0) is 32.0 Å². The van der Waals surface area contributed by atoms with Crippen LogP contribution in [0.4, 0.5) is 10.1 Å². The molecule has 0 aliphatic heterocycles. The zero-order valence-corrected chi connectivity index (χ0v) is 17.2. The summed E-state index contributed by atoms with van der Waals surface area (Å²) >= 11 is 0. The molecular formula is C14H25ClFN3O5S2. The fourth-order valence-electron chi connectivity index (χ4n) is 1.67. The highest BCUT2D eigenvalue weighted by molar-refractivity contribution is 7.93. The summed E-state index contributed by atoms with van der Waals surface area (Å²) in [4.78, 5) is -0.283. The Bertz CT molecular complexity index is 773. The van der Waals surface area contributed by atoms with E-state index in [9.17, 15) is 21.2 Å². The van der Waals surface area contributed by atoms with Crippen LogP contribution in [0.25, 0.3) is 0 Å². The van der Waals surface area contributed by atoms with Crippen LogP contribution in [0.15, 0.2) is 23.1 Å². The van der Waals surface area contributed by atoms with Crippen LogP contribution < -0.4 is 14.8 Å². The summed E-state index contributed by atoms with van der Waals surface area (Å²) in [6.45, 7) is 4.49. The quantitative estimate of drug-likeness (QED) is 0.447. The molecule has 1 rings (SSSR count). The summed E-state index contributed by atoms with van der Waals surface area (Å²) in [6, 6.07) is 3.00. The minimum Gasteiger partial charge on any atom is -0.383 e. The van der Waals surface area contributed by atoms with Gasteiger partial charge in [-0.3, -0.25) is 4.72 Å². The van der Waals surface area contributed by atoms with Gasteiger partial charge in [0.25, 0.3) is 0 Å². The van der Waals surface area contributed by atoms with Crippen LogP contribution in [0, 0.1) is 5.82 Å². The molecule has 0 fully saturated rings. The first-order valence-corrected chi connectivity index (χ1v) is 10.6. The number of benzene rings is 1. The van der Waals surface area contributed by atoms with Crippen LogP contribution in [-0.2, 0) is 24.8 Å². The molecule has 8 nitrogen and oxygen atoms in total. The van der Waals surface area contributed by atoms with Gasteiger partial charge in [-0.15, -0.1) is 12.4 Å². The molecule has 0 atom stereocenters. The third-order valence-electron chi connectivity index (χ3n) is 3.20. The standard InChI is InChI=1S/C14H24FN3O5S2.ClH/c1-11(2)24(19,20)18-14-5-4-12(10-13(14)15)25(21,22)17-7-6-16-8-9-23-3;/h4-5,10-11,16-18H,6-9H2,1-3H3;1H. The fraction of sp³-hybridized carbons (Fsp3) is 0.571. The van der Waals surface area contributed by atoms with E-state index in [2.05, 4.69) is 14.8 Å². The molecule has 0 saturated heterocycles. The van der Waals surface area contributed by atoms with E-state index < -0.39 is 31.1 Å². The van der Waals surface area contributed by atoms with E-state index in [1.54, 1.807) is 7.11 Å². The molecule has 0 aliphatic carbocycles. The van der Waals surface area contributed by atoms with E-state index in [1.807, 2.05) is 0 Å². The lowest BCUT2D eigenvalue weighted by molar-refractivity contribution is 0.199. The number of rotatable bonds is 11. The highest BCUT2D eigenvalue weighted by atomic mass is 35.5. The molecule has 26 heavy (non-hydrogen) atoms.